The minimum atomic E-state index is -0.362. The maximum Gasteiger partial charge on any atom is 0.256 e. The molecule has 4 amide bonds. The Labute approximate surface area is 276 Å². The Morgan fingerprint density at radius 1 is 0.438 bits per heavy atom. The van der Waals surface area contributed by atoms with Gasteiger partial charge in [0, 0.05) is 51.1 Å². The predicted octanol–water partition coefficient (Wildman–Crippen LogP) is 5.50. The molecule has 0 saturated heterocycles. The third kappa shape index (κ3) is 7.24. The van der Waals surface area contributed by atoms with E-state index in [1.54, 1.807) is 72.9 Å². The molecular weight excluding hydrogens is 604 g/mol. The largest absolute Gasteiger partial charge is 0.322 e. The fraction of sp³-hybridized carbons (Fsp3) is 0.0526. The Morgan fingerprint density at radius 3 is 1.44 bits per heavy atom. The van der Waals surface area contributed by atoms with E-state index in [4.69, 9.17) is 0 Å². The minimum Gasteiger partial charge on any atom is -0.322 e. The molecule has 0 bridgehead atoms. The van der Waals surface area contributed by atoms with Crippen LogP contribution >= 0.6 is 0 Å². The topological polar surface area (TPSA) is 124 Å². The number of amides is 4. The summed E-state index contributed by atoms with van der Waals surface area (Å²) in [5.74, 6) is -1.25. The molecule has 2 heterocycles. The third-order valence-electron chi connectivity index (χ3n) is 7.63. The van der Waals surface area contributed by atoms with Crippen molar-refractivity contribution in [2.24, 2.45) is 14.1 Å². The minimum absolute atomic E-state index is 0.261. The summed E-state index contributed by atoms with van der Waals surface area (Å²) in [4.78, 5) is 51.9. The van der Waals surface area contributed by atoms with Gasteiger partial charge in [0.05, 0.1) is 0 Å². The first-order valence-corrected chi connectivity index (χ1v) is 15.1. The highest BCUT2D eigenvalue weighted by Gasteiger charge is 2.16. The van der Waals surface area contributed by atoms with Crippen LogP contribution < -0.4 is 30.4 Å². The summed E-state index contributed by atoms with van der Waals surface area (Å²) in [6.45, 7) is 0. The van der Waals surface area contributed by atoms with Gasteiger partial charge in [-0.3, -0.25) is 19.2 Å². The van der Waals surface area contributed by atoms with Gasteiger partial charge in [-0.1, -0.05) is 24.3 Å². The molecule has 2 aromatic heterocycles. The summed E-state index contributed by atoms with van der Waals surface area (Å²) in [6.07, 6.45) is 7.36. The number of pyridine rings is 2. The Morgan fingerprint density at radius 2 is 0.896 bits per heavy atom. The van der Waals surface area contributed by atoms with Crippen molar-refractivity contribution in [3.05, 3.63) is 156 Å². The number of aromatic nitrogens is 2. The zero-order chi connectivity index (χ0) is 33.6. The van der Waals surface area contributed by atoms with E-state index in [0.29, 0.717) is 55.8 Å². The lowest BCUT2D eigenvalue weighted by Gasteiger charge is -2.13. The normalized spacial score (nSPS) is 10.6. The monoisotopic (exact) mass is 636 g/mol. The average molecular weight is 637 g/mol. The van der Waals surface area contributed by atoms with E-state index in [1.165, 1.54) is 0 Å². The number of nitrogens with zero attached hydrogens (tertiary/aromatic N) is 2. The molecule has 0 aliphatic heterocycles. The molecule has 0 aliphatic carbocycles. The number of carbonyl (C=O) groups excluding carboxylic acids is 4. The summed E-state index contributed by atoms with van der Waals surface area (Å²) < 4.78 is 3.68. The van der Waals surface area contributed by atoms with Crippen LogP contribution in [-0.2, 0) is 14.1 Å². The molecule has 236 valence electrons. The summed E-state index contributed by atoms with van der Waals surface area (Å²) >= 11 is 0. The summed E-state index contributed by atoms with van der Waals surface area (Å²) in [5.41, 5.74) is 4.05. The molecule has 6 aromatic rings. The van der Waals surface area contributed by atoms with Gasteiger partial charge in [-0.25, -0.2) is 9.13 Å². The van der Waals surface area contributed by atoms with E-state index in [2.05, 4.69) is 21.3 Å². The second-order valence-corrected chi connectivity index (χ2v) is 11.2. The molecule has 48 heavy (non-hydrogen) atoms. The summed E-state index contributed by atoms with van der Waals surface area (Å²) in [7, 11) is 3.75. The number of hydrogen-bond acceptors (Lipinski definition) is 4. The van der Waals surface area contributed by atoms with E-state index in [0.717, 1.165) is 0 Å². The molecule has 0 spiro atoms. The molecule has 0 radical (unpaired) electrons. The van der Waals surface area contributed by atoms with Crippen molar-refractivity contribution in [3.8, 4) is 0 Å². The highest BCUT2D eigenvalue weighted by atomic mass is 16.2. The molecule has 0 unspecified atom stereocenters. The second kappa shape index (κ2) is 13.8. The van der Waals surface area contributed by atoms with Crippen molar-refractivity contribution >= 4 is 57.2 Å². The highest BCUT2D eigenvalue weighted by molar-refractivity contribution is 6.17. The first-order chi connectivity index (χ1) is 23.2. The van der Waals surface area contributed by atoms with Gasteiger partial charge < -0.3 is 21.3 Å². The summed E-state index contributed by atoms with van der Waals surface area (Å²) in [6, 6.07) is 30.9. The molecule has 4 aromatic carbocycles. The molecule has 10 heteroatoms. The number of carbonyl (C=O) groups is 4. The first-order valence-electron chi connectivity index (χ1n) is 15.1. The van der Waals surface area contributed by atoms with Gasteiger partial charge in [0.15, 0.2) is 24.8 Å². The number of nitrogens with one attached hydrogen (secondary N) is 4. The third-order valence-corrected chi connectivity index (χ3v) is 7.63. The predicted molar refractivity (Wildman–Crippen MR) is 184 cm³/mol. The number of anilines is 4. The second-order valence-electron chi connectivity index (χ2n) is 11.2. The van der Waals surface area contributed by atoms with E-state index in [9.17, 15) is 19.2 Å². The van der Waals surface area contributed by atoms with E-state index in [-0.39, 0.29) is 23.6 Å². The van der Waals surface area contributed by atoms with Crippen LogP contribution in [0.25, 0.3) is 10.8 Å². The Bertz CT molecular complexity index is 2180. The van der Waals surface area contributed by atoms with Crippen LogP contribution in [-0.4, -0.2) is 23.6 Å². The molecule has 10 nitrogen and oxygen atoms in total. The zero-order valence-electron chi connectivity index (χ0n) is 26.2. The van der Waals surface area contributed by atoms with Gasteiger partial charge in [0.25, 0.3) is 23.6 Å². The van der Waals surface area contributed by atoms with Crippen LogP contribution in [0.15, 0.2) is 134 Å². The van der Waals surface area contributed by atoms with Gasteiger partial charge in [0.2, 0.25) is 0 Å². The quantitative estimate of drug-likeness (QED) is 0.165. The van der Waals surface area contributed by atoms with Crippen LogP contribution in [0.5, 0.6) is 0 Å². The van der Waals surface area contributed by atoms with Gasteiger partial charge in [-0.05, 0) is 78.2 Å². The van der Waals surface area contributed by atoms with Crippen molar-refractivity contribution in [1.29, 1.82) is 0 Å². The van der Waals surface area contributed by atoms with Crippen LogP contribution in [0, 0.1) is 0 Å². The lowest BCUT2D eigenvalue weighted by molar-refractivity contribution is -0.670. The van der Waals surface area contributed by atoms with Gasteiger partial charge in [0.1, 0.15) is 25.5 Å². The van der Waals surface area contributed by atoms with Crippen LogP contribution in [0.2, 0.25) is 0 Å². The SMILES string of the molecule is C[n+]1cccc(NC(=O)c2ccc(NC(=O)c3ccc(C(=O)Nc4ccc(C(=O)Nc5ccc[n+](C)c5)c5ccccc45)cc3)cc2)c1. The van der Waals surface area contributed by atoms with Crippen LogP contribution in [0.1, 0.15) is 41.4 Å². The summed E-state index contributed by atoms with van der Waals surface area (Å²) in [5, 5.41) is 12.9. The molecule has 6 rings (SSSR count). The van der Waals surface area contributed by atoms with Crippen molar-refractivity contribution in [3.63, 3.8) is 0 Å². The highest BCUT2D eigenvalue weighted by Crippen LogP contribution is 2.28. The van der Waals surface area contributed by atoms with Crippen LogP contribution in [0.3, 0.4) is 0 Å². The van der Waals surface area contributed by atoms with Crippen molar-refractivity contribution < 1.29 is 28.3 Å². The fourth-order valence-electron chi connectivity index (χ4n) is 5.21. The standard InChI is InChI=1S/C38H30N6O4/c1-43-21-5-7-29(23-43)40-36(46)27-15-17-28(18-16-27)39-35(45)25-11-13-26(14-12-25)37(47)42-34-20-19-33(31-9-3-4-10-32(31)34)38(48)41-30-8-6-22-44(2)24-30/h3-24H,1-2H3,(H2-2,39,40,41,42,45,46,47,48)/p+2. The lowest BCUT2D eigenvalue weighted by atomic mass is 10.0. The lowest BCUT2D eigenvalue weighted by Crippen LogP contribution is -2.27. The number of hydrogen-bond donors (Lipinski definition) is 4. The average Bonchev–Trinajstić information content (AvgIpc) is 3.08. The zero-order valence-corrected chi connectivity index (χ0v) is 26.2. The first kappa shape index (κ1) is 31.3. The Balaban J connectivity index is 1.09. The van der Waals surface area contributed by atoms with E-state index >= 15 is 0 Å². The number of aryl methyl sites for hydroxylation is 2. The Kier molecular flexibility index (Phi) is 8.97. The van der Waals surface area contributed by atoms with Gasteiger partial charge in [-0.15, -0.1) is 0 Å². The number of benzene rings is 4. The maximum absolute atomic E-state index is 13.2. The molecular formula is C38H32N6O4+2. The number of fused-ring (bicyclic) bond motifs is 1. The van der Waals surface area contributed by atoms with E-state index in [1.807, 2.05) is 84.3 Å². The van der Waals surface area contributed by atoms with Gasteiger partial charge in [-0.2, -0.15) is 0 Å². The van der Waals surface area contributed by atoms with E-state index < -0.39 is 0 Å². The molecule has 0 aliphatic rings. The maximum atomic E-state index is 13.2. The molecule has 0 fully saturated rings. The number of rotatable bonds is 8. The molecule has 4 N–H and O–H groups in total. The smallest absolute Gasteiger partial charge is 0.256 e. The van der Waals surface area contributed by atoms with Crippen molar-refractivity contribution in [2.45, 2.75) is 0 Å². The fourth-order valence-corrected chi connectivity index (χ4v) is 5.21. The van der Waals surface area contributed by atoms with Crippen molar-refractivity contribution in [1.82, 2.24) is 0 Å². The Hall–Kier alpha value is -6.68. The molecule has 0 saturated carbocycles. The van der Waals surface area contributed by atoms with Crippen molar-refractivity contribution in [2.75, 3.05) is 21.3 Å². The molecule has 0 atom stereocenters. The van der Waals surface area contributed by atoms with Gasteiger partial charge >= 0.3 is 0 Å². The van der Waals surface area contributed by atoms with Crippen LogP contribution in [0.4, 0.5) is 22.7 Å².